The van der Waals surface area contributed by atoms with E-state index in [1.54, 1.807) is 12.1 Å². The molecule has 0 aliphatic carbocycles. The van der Waals surface area contributed by atoms with Crippen LogP contribution in [0, 0.1) is 0 Å². The van der Waals surface area contributed by atoms with Crippen LogP contribution in [-0.4, -0.2) is 31.4 Å². The van der Waals surface area contributed by atoms with Crippen molar-refractivity contribution in [3.05, 3.63) is 53.6 Å². The SMILES string of the molecule is CC(=O)CCc1ccc(OCC(=O)Nc2cc(C(F)(F)F)ccc2N2CCCCC2)cc1. The molecular formula is C24H27F3N2O3. The topological polar surface area (TPSA) is 58.6 Å². The van der Waals surface area contributed by atoms with Gasteiger partial charge in [0.1, 0.15) is 11.5 Å². The molecule has 0 saturated carbocycles. The highest BCUT2D eigenvalue weighted by Crippen LogP contribution is 2.36. The van der Waals surface area contributed by atoms with Crippen LogP contribution in [0.15, 0.2) is 42.5 Å². The van der Waals surface area contributed by atoms with Gasteiger partial charge in [0.15, 0.2) is 6.61 Å². The molecule has 0 aromatic heterocycles. The van der Waals surface area contributed by atoms with Crippen LogP contribution in [0.2, 0.25) is 0 Å². The predicted octanol–water partition coefficient (Wildman–Crippen LogP) is 5.23. The minimum absolute atomic E-state index is 0.112. The molecule has 0 atom stereocenters. The number of alkyl halides is 3. The maximum absolute atomic E-state index is 13.2. The highest BCUT2D eigenvalue weighted by atomic mass is 19.4. The van der Waals surface area contributed by atoms with E-state index >= 15 is 0 Å². The fraction of sp³-hybridized carbons (Fsp3) is 0.417. The maximum atomic E-state index is 13.2. The van der Waals surface area contributed by atoms with Crippen molar-refractivity contribution >= 4 is 23.1 Å². The summed E-state index contributed by atoms with van der Waals surface area (Å²) in [7, 11) is 0. The van der Waals surface area contributed by atoms with Gasteiger partial charge in [0.05, 0.1) is 16.9 Å². The number of piperidine rings is 1. The summed E-state index contributed by atoms with van der Waals surface area (Å²) in [6.45, 7) is 2.68. The van der Waals surface area contributed by atoms with Gasteiger partial charge >= 0.3 is 6.18 Å². The third-order valence-corrected chi connectivity index (χ3v) is 5.35. The Morgan fingerprint density at radius 1 is 1.03 bits per heavy atom. The lowest BCUT2D eigenvalue weighted by molar-refractivity contribution is -0.137. The summed E-state index contributed by atoms with van der Waals surface area (Å²) in [5.41, 5.74) is 0.888. The predicted molar refractivity (Wildman–Crippen MR) is 117 cm³/mol. The molecule has 1 saturated heterocycles. The molecule has 2 aromatic carbocycles. The average molecular weight is 448 g/mol. The van der Waals surface area contributed by atoms with Crippen molar-refractivity contribution in [2.45, 2.75) is 45.2 Å². The van der Waals surface area contributed by atoms with Crippen LogP contribution < -0.4 is 15.0 Å². The van der Waals surface area contributed by atoms with Gasteiger partial charge in [-0.25, -0.2) is 0 Å². The second-order valence-electron chi connectivity index (χ2n) is 7.96. The standard InChI is InChI=1S/C24H27F3N2O3/c1-17(30)5-6-18-7-10-20(11-8-18)32-16-23(31)28-21-15-19(24(25,26)27)9-12-22(21)29-13-3-2-4-14-29/h7-12,15H,2-6,13-14,16H2,1H3,(H,28,31). The van der Waals surface area contributed by atoms with Crippen LogP contribution >= 0.6 is 0 Å². The molecule has 1 N–H and O–H groups in total. The molecule has 8 heteroatoms. The van der Waals surface area contributed by atoms with Crippen molar-refractivity contribution < 1.29 is 27.5 Å². The number of hydrogen-bond donors (Lipinski definition) is 1. The van der Waals surface area contributed by atoms with Crippen LogP contribution in [-0.2, 0) is 22.2 Å². The summed E-state index contributed by atoms with van der Waals surface area (Å²) in [6, 6.07) is 10.5. The van der Waals surface area contributed by atoms with Gasteiger partial charge in [-0.2, -0.15) is 13.2 Å². The van der Waals surface area contributed by atoms with Gasteiger partial charge in [-0.15, -0.1) is 0 Å². The lowest BCUT2D eigenvalue weighted by Gasteiger charge is -2.31. The number of rotatable bonds is 8. The normalized spacial score (nSPS) is 14.2. The van der Waals surface area contributed by atoms with Crippen LogP contribution in [0.4, 0.5) is 24.5 Å². The molecule has 0 bridgehead atoms. The number of nitrogens with zero attached hydrogens (tertiary/aromatic N) is 1. The van der Waals surface area contributed by atoms with Crippen molar-refractivity contribution in [1.29, 1.82) is 0 Å². The van der Waals surface area contributed by atoms with Crippen LogP contribution in [0.5, 0.6) is 5.75 Å². The number of aryl methyl sites for hydroxylation is 1. The summed E-state index contributed by atoms with van der Waals surface area (Å²) in [5, 5.41) is 2.59. The highest BCUT2D eigenvalue weighted by Gasteiger charge is 2.32. The number of amides is 1. The van der Waals surface area contributed by atoms with E-state index in [1.807, 2.05) is 17.0 Å². The van der Waals surface area contributed by atoms with E-state index in [-0.39, 0.29) is 18.1 Å². The Morgan fingerprint density at radius 2 is 1.72 bits per heavy atom. The van der Waals surface area contributed by atoms with Crippen molar-refractivity contribution in [2.24, 2.45) is 0 Å². The molecular weight excluding hydrogens is 421 g/mol. The Balaban J connectivity index is 1.65. The van der Waals surface area contributed by atoms with E-state index < -0.39 is 17.6 Å². The van der Waals surface area contributed by atoms with E-state index in [0.29, 0.717) is 24.3 Å². The highest BCUT2D eigenvalue weighted by molar-refractivity contribution is 5.95. The maximum Gasteiger partial charge on any atom is 0.416 e. The van der Waals surface area contributed by atoms with Crippen molar-refractivity contribution in [3.63, 3.8) is 0 Å². The van der Waals surface area contributed by atoms with E-state index in [0.717, 1.165) is 50.0 Å². The minimum atomic E-state index is -4.50. The first-order valence-corrected chi connectivity index (χ1v) is 10.7. The Morgan fingerprint density at radius 3 is 2.34 bits per heavy atom. The van der Waals surface area contributed by atoms with E-state index in [1.165, 1.54) is 13.0 Å². The minimum Gasteiger partial charge on any atom is -0.484 e. The fourth-order valence-electron chi connectivity index (χ4n) is 3.63. The monoisotopic (exact) mass is 448 g/mol. The number of Topliss-reactive ketones (excluding diaryl/α,β-unsaturated/α-hetero) is 1. The molecule has 32 heavy (non-hydrogen) atoms. The van der Waals surface area contributed by atoms with Gasteiger partial charge in [0, 0.05) is 19.5 Å². The number of nitrogens with one attached hydrogen (secondary N) is 1. The Labute approximate surface area is 185 Å². The molecule has 1 fully saturated rings. The number of ketones is 1. The lowest BCUT2D eigenvalue weighted by atomic mass is 10.1. The summed E-state index contributed by atoms with van der Waals surface area (Å²) >= 11 is 0. The average Bonchev–Trinajstić information content (AvgIpc) is 2.77. The van der Waals surface area contributed by atoms with Crippen LogP contribution in [0.3, 0.4) is 0 Å². The van der Waals surface area contributed by atoms with Gasteiger partial charge in [0.2, 0.25) is 0 Å². The van der Waals surface area contributed by atoms with Crippen LogP contribution in [0.1, 0.15) is 43.7 Å². The first-order chi connectivity index (χ1) is 15.2. The molecule has 5 nitrogen and oxygen atoms in total. The quantitative estimate of drug-likeness (QED) is 0.601. The molecule has 1 aliphatic rings. The van der Waals surface area contributed by atoms with Gasteiger partial charge in [-0.3, -0.25) is 4.79 Å². The number of carbonyl (C=O) groups excluding carboxylic acids is 2. The fourth-order valence-corrected chi connectivity index (χ4v) is 3.63. The largest absolute Gasteiger partial charge is 0.484 e. The number of carbonyl (C=O) groups is 2. The first kappa shape index (κ1) is 23.6. The van der Waals surface area contributed by atoms with Crippen LogP contribution in [0.25, 0.3) is 0 Å². The van der Waals surface area contributed by atoms with Crippen molar-refractivity contribution in [1.82, 2.24) is 0 Å². The van der Waals surface area contributed by atoms with Gasteiger partial charge in [0.25, 0.3) is 5.91 Å². The Kier molecular flexibility index (Phi) is 7.77. The van der Waals surface area contributed by atoms with Crippen molar-refractivity contribution in [3.8, 4) is 5.75 Å². The smallest absolute Gasteiger partial charge is 0.416 e. The number of halogens is 3. The Bertz CT molecular complexity index is 936. The second kappa shape index (κ2) is 10.5. The zero-order valence-corrected chi connectivity index (χ0v) is 18.0. The number of hydrogen-bond acceptors (Lipinski definition) is 4. The third kappa shape index (κ3) is 6.73. The van der Waals surface area contributed by atoms with E-state index in [9.17, 15) is 22.8 Å². The summed E-state index contributed by atoms with van der Waals surface area (Å²) < 4.78 is 45.1. The number of anilines is 2. The second-order valence-corrected chi connectivity index (χ2v) is 7.96. The van der Waals surface area contributed by atoms with Gasteiger partial charge in [-0.1, -0.05) is 12.1 Å². The molecule has 1 aliphatic heterocycles. The number of ether oxygens (including phenoxy) is 1. The first-order valence-electron chi connectivity index (χ1n) is 10.7. The zero-order chi connectivity index (χ0) is 23.1. The van der Waals surface area contributed by atoms with E-state index in [2.05, 4.69) is 5.32 Å². The molecule has 1 heterocycles. The molecule has 2 aromatic rings. The number of benzene rings is 2. The van der Waals surface area contributed by atoms with E-state index in [4.69, 9.17) is 4.74 Å². The molecule has 0 unspecified atom stereocenters. The molecule has 1 amide bonds. The molecule has 172 valence electrons. The zero-order valence-electron chi connectivity index (χ0n) is 18.0. The van der Waals surface area contributed by atoms with Crippen molar-refractivity contribution in [2.75, 3.05) is 29.9 Å². The van der Waals surface area contributed by atoms with Gasteiger partial charge in [-0.05, 0) is 68.5 Å². The Hall–Kier alpha value is -3.03. The summed E-state index contributed by atoms with van der Waals surface area (Å²) in [6.07, 6.45) is -0.412. The molecule has 0 spiro atoms. The molecule has 0 radical (unpaired) electrons. The third-order valence-electron chi connectivity index (χ3n) is 5.35. The molecule has 3 rings (SSSR count). The lowest BCUT2D eigenvalue weighted by Crippen LogP contribution is -2.31. The summed E-state index contributed by atoms with van der Waals surface area (Å²) in [4.78, 5) is 25.5. The van der Waals surface area contributed by atoms with Gasteiger partial charge < -0.3 is 19.7 Å². The summed E-state index contributed by atoms with van der Waals surface area (Å²) in [5.74, 6) is 0.0378.